The Labute approximate surface area is 72.6 Å². The van der Waals surface area contributed by atoms with Crippen LogP contribution in [-0.4, -0.2) is 4.98 Å². The SMILES string of the molecule is N#Cc1[nH]c(=O)c(CF)cc1CF. The van der Waals surface area contributed by atoms with E-state index in [-0.39, 0.29) is 16.8 Å². The molecule has 0 aliphatic carbocycles. The first-order valence-corrected chi connectivity index (χ1v) is 3.50. The zero-order chi connectivity index (χ0) is 9.84. The van der Waals surface area contributed by atoms with E-state index < -0.39 is 18.9 Å². The van der Waals surface area contributed by atoms with Crippen LogP contribution < -0.4 is 5.56 Å². The third-order valence-electron chi connectivity index (χ3n) is 1.60. The molecule has 0 aliphatic heterocycles. The van der Waals surface area contributed by atoms with Gasteiger partial charge in [0.2, 0.25) is 0 Å². The number of H-pyrrole nitrogens is 1. The summed E-state index contributed by atoms with van der Waals surface area (Å²) < 4.78 is 24.3. The maximum Gasteiger partial charge on any atom is 0.254 e. The lowest BCUT2D eigenvalue weighted by molar-refractivity contribution is 0.470. The minimum atomic E-state index is -0.964. The van der Waals surface area contributed by atoms with Crippen LogP contribution in [0.2, 0.25) is 0 Å². The van der Waals surface area contributed by atoms with Crippen molar-refractivity contribution in [3.63, 3.8) is 0 Å². The first kappa shape index (κ1) is 9.39. The highest BCUT2D eigenvalue weighted by atomic mass is 19.1. The predicted octanol–water partition coefficient (Wildman–Crippen LogP) is 1.19. The average molecular weight is 184 g/mol. The molecule has 1 aromatic heterocycles. The highest BCUT2D eigenvalue weighted by Crippen LogP contribution is 2.07. The van der Waals surface area contributed by atoms with Crippen LogP contribution in [0.15, 0.2) is 10.9 Å². The largest absolute Gasteiger partial charge is 0.313 e. The minimum absolute atomic E-state index is 0.00903. The number of pyridine rings is 1. The van der Waals surface area contributed by atoms with E-state index in [4.69, 9.17) is 5.26 Å². The van der Waals surface area contributed by atoms with Gasteiger partial charge in [0.05, 0.1) is 0 Å². The molecule has 0 aromatic carbocycles. The molecular formula is C8H6F2N2O. The molecule has 13 heavy (non-hydrogen) atoms. The van der Waals surface area contributed by atoms with E-state index in [2.05, 4.69) is 4.98 Å². The number of hydrogen-bond acceptors (Lipinski definition) is 2. The van der Waals surface area contributed by atoms with Crippen LogP contribution in [0.25, 0.3) is 0 Å². The van der Waals surface area contributed by atoms with Gasteiger partial charge in [0.25, 0.3) is 5.56 Å². The first-order valence-electron chi connectivity index (χ1n) is 3.50. The van der Waals surface area contributed by atoms with Gasteiger partial charge >= 0.3 is 0 Å². The molecule has 0 aliphatic rings. The Balaban J connectivity index is 3.37. The molecule has 0 radical (unpaired) electrons. The fourth-order valence-corrected chi connectivity index (χ4v) is 0.927. The van der Waals surface area contributed by atoms with E-state index in [0.717, 1.165) is 6.07 Å². The lowest BCUT2D eigenvalue weighted by Gasteiger charge is -1.99. The van der Waals surface area contributed by atoms with Crippen molar-refractivity contribution >= 4 is 0 Å². The standard InChI is InChI=1S/C8H6F2N2O/c9-2-5-1-6(3-10)8(13)12-7(5)4-11/h1H,2-3H2,(H,12,13). The molecule has 0 fully saturated rings. The molecule has 3 nitrogen and oxygen atoms in total. The molecule has 0 saturated carbocycles. The number of hydrogen-bond donors (Lipinski definition) is 1. The van der Waals surface area contributed by atoms with Crippen molar-refractivity contribution in [1.82, 2.24) is 4.98 Å². The summed E-state index contributed by atoms with van der Waals surface area (Å²) in [6.07, 6.45) is 0. The average Bonchev–Trinajstić information content (AvgIpc) is 2.17. The maximum atomic E-state index is 12.2. The molecule has 5 heteroatoms. The quantitative estimate of drug-likeness (QED) is 0.750. The Morgan fingerprint density at radius 2 is 2.00 bits per heavy atom. The van der Waals surface area contributed by atoms with Crippen molar-refractivity contribution in [2.24, 2.45) is 0 Å². The topological polar surface area (TPSA) is 56.6 Å². The van der Waals surface area contributed by atoms with Gasteiger partial charge < -0.3 is 4.98 Å². The molecule has 0 atom stereocenters. The fourth-order valence-electron chi connectivity index (χ4n) is 0.927. The van der Waals surface area contributed by atoms with E-state index in [1.54, 1.807) is 6.07 Å². The molecule has 68 valence electrons. The van der Waals surface area contributed by atoms with Crippen molar-refractivity contribution in [1.29, 1.82) is 5.26 Å². The molecule has 1 heterocycles. The van der Waals surface area contributed by atoms with Crippen molar-refractivity contribution in [3.8, 4) is 6.07 Å². The Morgan fingerprint density at radius 1 is 1.38 bits per heavy atom. The Hall–Kier alpha value is -1.70. The van der Waals surface area contributed by atoms with E-state index in [9.17, 15) is 13.6 Å². The van der Waals surface area contributed by atoms with Crippen molar-refractivity contribution in [3.05, 3.63) is 33.2 Å². The van der Waals surface area contributed by atoms with E-state index >= 15 is 0 Å². The van der Waals surface area contributed by atoms with Gasteiger partial charge in [-0.15, -0.1) is 0 Å². The second kappa shape index (κ2) is 3.81. The van der Waals surface area contributed by atoms with Gasteiger partial charge in [-0.1, -0.05) is 0 Å². The monoisotopic (exact) mass is 184 g/mol. The second-order valence-corrected chi connectivity index (χ2v) is 2.40. The van der Waals surface area contributed by atoms with Gasteiger partial charge in [0, 0.05) is 11.1 Å². The summed E-state index contributed by atoms with van der Waals surface area (Å²) in [6.45, 7) is -1.86. The summed E-state index contributed by atoms with van der Waals surface area (Å²) in [7, 11) is 0. The molecule has 1 rings (SSSR count). The third-order valence-corrected chi connectivity index (χ3v) is 1.60. The number of aromatic nitrogens is 1. The zero-order valence-corrected chi connectivity index (χ0v) is 6.60. The minimum Gasteiger partial charge on any atom is -0.313 e. The number of halogens is 2. The normalized spacial score (nSPS) is 9.62. The highest BCUT2D eigenvalue weighted by Gasteiger charge is 2.07. The summed E-state index contributed by atoms with van der Waals surface area (Å²) in [4.78, 5) is 13.0. The highest BCUT2D eigenvalue weighted by molar-refractivity contribution is 5.33. The molecule has 1 N–H and O–H groups in total. The fraction of sp³-hybridized carbons (Fsp3) is 0.250. The number of alkyl halides is 2. The van der Waals surface area contributed by atoms with Crippen LogP contribution in [0.3, 0.4) is 0 Å². The molecular weight excluding hydrogens is 178 g/mol. The first-order chi connectivity index (χ1) is 6.22. The predicted molar refractivity (Wildman–Crippen MR) is 41.4 cm³/mol. The van der Waals surface area contributed by atoms with Crippen LogP contribution in [-0.2, 0) is 13.3 Å². The third kappa shape index (κ3) is 1.72. The second-order valence-electron chi connectivity index (χ2n) is 2.40. The summed E-state index contributed by atoms with van der Waals surface area (Å²) in [5.74, 6) is 0. The summed E-state index contributed by atoms with van der Waals surface area (Å²) >= 11 is 0. The van der Waals surface area contributed by atoms with E-state index in [1.807, 2.05) is 0 Å². The van der Waals surface area contributed by atoms with Crippen LogP contribution in [0.4, 0.5) is 8.78 Å². The molecule has 0 unspecified atom stereocenters. The number of nitrogens with one attached hydrogen (secondary N) is 1. The van der Waals surface area contributed by atoms with Gasteiger partial charge in [-0.25, -0.2) is 8.78 Å². The van der Waals surface area contributed by atoms with Crippen LogP contribution in [0.1, 0.15) is 16.8 Å². The Morgan fingerprint density at radius 3 is 2.46 bits per heavy atom. The summed E-state index contributed by atoms with van der Waals surface area (Å²) in [6, 6.07) is 2.69. The summed E-state index contributed by atoms with van der Waals surface area (Å²) in [5, 5.41) is 8.46. The van der Waals surface area contributed by atoms with Crippen molar-refractivity contribution in [2.75, 3.05) is 0 Å². The van der Waals surface area contributed by atoms with Gasteiger partial charge in [-0.3, -0.25) is 4.79 Å². The van der Waals surface area contributed by atoms with Crippen molar-refractivity contribution < 1.29 is 8.78 Å². The number of nitriles is 1. The van der Waals surface area contributed by atoms with Crippen LogP contribution >= 0.6 is 0 Å². The molecule has 0 spiro atoms. The maximum absolute atomic E-state index is 12.2. The molecule has 0 bridgehead atoms. The number of rotatable bonds is 2. The van der Waals surface area contributed by atoms with Crippen molar-refractivity contribution in [2.45, 2.75) is 13.3 Å². The summed E-state index contributed by atoms with van der Waals surface area (Å²) in [5.41, 5.74) is -0.984. The van der Waals surface area contributed by atoms with Crippen LogP contribution in [0.5, 0.6) is 0 Å². The Kier molecular flexibility index (Phi) is 2.75. The van der Waals surface area contributed by atoms with E-state index in [1.165, 1.54) is 0 Å². The lowest BCUT2D eigenvalue weighted by atomic mass is 10.1. The zero-order valence-electron chi connectivity index (χ0n) is 6.60. The van der Waals surface area contributed by atoms with Gasteiger partial charge in [0.15, 0.2) is 0 Å². The van der Waals surface area contributed by atoms with Gasteiger partial charge in [-0.05, 0) is 6.07 Å². The smallest absolute Gasteiger partial charge is 0.254 e. The lowest BCUT2D eigenvalue weighted by Crippen LogP contribution is -2.14. The van der Waals surface area contributed by atoms with Crippen LogP contribution in [0, 0.1) is 11.3 Å². The number of nitrogens with zero attached hydrogens (tertiary/aromatic N) is 1. The van der Waals surface area contributed by atoms with Gasteiger partial charge in [-0.2, -0.15) is 5.26 Å². The van der Waals surface area contributed by atoms with E-state index in [0.29, 0.717) is 0 Å². The molecule has 0 amide bonds. The molecule has 0 saturated heterocycles. The number of aromatic amines is 1. The molecule has 1 aromatic rings. The Bertz CT molecular complexity index is 406. The van der Waals surface area contributed by atoms with Gasteiger partial charge in [0.1, 0.15) is 25.1 Å².